The van der Waals surface area contributed by atoms with Crippen molar-refractivity contribution in [3.8, 4) is 0 Å². The van der Waals surface area contributed by atoms with E-state index in [9.17, 15) is 0 Å². The van der Waals surface area contributed by atoms with Crippen molar-refractivity contribution in [2.45, 2.75) is 30.6 Å². The second-order valence-corrected chi connectivity index (χ2v) is 7.07. The second-order valence-electron chi connectivity index (χ2n) is 4.60. The Kier molecular flexibility index (Phi) is 3.84. The molecule has 0 spiro atoms. The van der Waals surface area contributed by atoms with E-state index < -0.39 is 0 Å². The van der Waals surface area contributed by atoms with Crippen molar-refractivity contribution in [2.75, 3.05) is 5.75 Å². The highest BCUT2D eigenvalue weighted by atomic mass is 32.2. The molecule has 0 saturated carbocycles. The monoisotopic (exact) mass is 279 g/mol. The number of nitrogens with zero attached hydrogens (tertiary/aromatic N) is 1. The molecule has 2 unspecified atom stereocenters. The van der Waals surface area contributed by atoms with E-state index in [-0.39, 0.29) is 0 Å². The van der Waals surface area contributed by atoms with Crippen molar-refractivity contribution in [1.82, 2.24) is 10.4 Å². The van der Waals surface area contributed by atoms with E-state index in [0.717, 1.165) is 11.9 Å². The molecule has 1 aromatic heterocycles. The minimum Gasteiger partial charge on any atom is -0.271 e. The van der Waals surface area contributed by atoms with Crippen molar-refractivity contribution in [1.29, 1.82) is 0 Å². The maximum Gasteiger partial charge on any atom is 0.0955 e. The predicted molar refractivity (Wildman–Crippen MR) is 79.9 cm³/mol. The van der Waals surface area contributed by atoms with E-state index >= 15 is 0 Å². The number of rotatable bonds is 4. The molecule has 3 N–H and O–H groups in total. The average molecular weight is 279 g/mol. The minimum absolute atomic E-state index is 0.345. The molecule has 0 amide bonds. The summed E-state index contributed by atoms with van der Waals surface area (Å²) in [6.07, 6.45) is 3.52. The third-order valence-electron chi connectivity index (χ3n) is 3.36. The minimum atomic E-state index is 0.345. The lowest BCUT2D eigenvalue weighted by Gasteiger charge is -2.20. The molecule has 5 heteroatoms. The molecule has 2 aromatic rings. The number of fused-ring (bicyclic) bond motifs is 1. The lowest BCUT2D eigenvalue weighted by atomic mass is 10.1. The van der Waals surface area contributed by atoms with E-state index in [1.807, 2.05) is 17.8 Å². The second kappa shape index (κ2) is 5.57. The van der Waals surface area contributed by atoms with Crippen molar-refractivity contribution in [2.24, 2.45) is 5.84 Å². The van der Waals surface area contributed by atoms with Crippen LogP contribution in [0.4, 0.5) is 0 Å². The highest BCUT2D eigenvalue weighted by Gasteiger charge is 2.25. The Labute approximate surface area is 115 Å². The lowest BCUT2D eigenvalue weighted by molar-refractivity contribution is 0.495. The molecule has 1 aliphatic rings. The molecule has 3 nitrogen and oxygen atoms in total. The Morgan fingerprint density at radius 3 is 3.06 bits per heavy atom. The van der Waals surface area contributed by atoms with Crippen molar-refractivity contribution in [3.63, 3.8) is 0 Å². The Bertz CT molecular complexity index is 487. The quantitative estimate of drug-likeness (QED) is 0.667. The lowest BCUT2D eigenvalue weighted by Crippen LogP contribution is -2.43. The zero-order chi connectivity index (χ0) is 12.4. The number of para-hydroxylation sites is 1. The van der Waals surface area contributed by atoms with Crippen molar-refractivity contribution in [3.05, 3.63) is 29.3 Å². The zero-order valence-corrected chi connectivity index (χ0v) is 11.8. The summed E-state index contributed by atoms with van der Waals surface area (Å²) in [4.78, 5) is 4.69. The van der Waals surface area contributed by atoms with Gasteiger partial charge >= 0.3 is 0 Å². The number of aromatic nitrogens is 1. The number of benzene rings is 1. The van der Waals surface area contributed by atoms with E-state index in [0.29, 0.717) is 11.3 Å². The van der Waals surface area contributed by atoms with E-state index in [4.69, 9.17) is 5.84 Å². The molecule has 1 aliphatic heterocycles. The van der Waals surface area contributed by atoms with Gasteiger partial charge in [-0.25, -0.2) is 4.98 Å². The average Bonchev–Trinajstić information content (AvgIpc) is 3.04. The third kappa shape index (κ3) is 2.54. The van der Waals surface area contributed by atoms with Gasteiger partial charge in [0, 0.05) is 17.7 Å². The summed E-state index contributed by atoms with van der Waals surface area (Å²) in [7, 11) is 0. The van der Waals surface area contributed by atoms with Gasteiger partial charge in [-0.1, -0.05) is 12.1 Å². The molecule has 0 bridgehead atoms. The largest absolute Gasteiger partial charge is 0.271 e. The van der Waals surface area contributed by atoms with Crippen LogP contribution in [0.2, 0.25) is 0 Å². The molecular formula is C13H17N3S2. The van der Waals surface area contributed by atoms with Gasteiger partial charge in [0.2, 0.25) is 0 Å². The Morgan fingerprint density at radius 1 is 1.44 bits per heavy atom. The number of thioether (sulfide) groups is 1. The van der Waals surface area contributed by atoms with Crippen LogP contribution in [-0.2, 0) is 6.42 Å². The number of hydrazine groups is 1. The Morgan fingerprint density at radius 2 is 2.33 bits per heavy atom. The molecule has 3 rings (SSSR count). The van der Waals surface area contributed by atoms with E-state index in [2.05, 4.69) is 28.6 Å². The normalized spacial score (nSPS) is 21.5. The van der Waals surface area contributed by atoms with Crippen LogP contribution in [0.5, 0.6) is 0 Å². The van der Waals surface area contributed by atoms with E-state index in [1.54, 1.807) is 11.3 Å². The highest BCUT2D eigenvalue weighted by molar-refractivity contribution is 8.00. The standard InChI is InChI=1S/C13H17N3S2/c14-16-10(11-6-3-7-17-11)8-13-15-9-4-1-2-5-12(9)18-13/h1-2,4-5,10-11,16H,3,6-8,14H2. The summed E-state index contributed by atoms with van der Waals surface area (Å²) in [5.74, 6) is 6.97. The van der Waals surface area contributed by atoms with Crippen molar-refractivity contribution < 1.29 is 0 Å². The summed E-state index contributed by atoms with van der Waals surface area (Å²) in [5, 5.41) is 1.83. The van der Waals surface area contributed by atoms with Gasteiger partial charge in [0.05, 0.1) is 15.2 Å². The fourth-order valence-corrected chi connectivity index (χ4v) is 4.82. The van der Waals surface area contributed by atoms with Gasteiger partial charge in [0.25, 0.3) is 0 Å². The van der Waals surface area contributed by atoms with Gasteiger partial charge in [0.1, 0.15) is 0 Å². The topological polar surface area (TPSA) is 50.9 Å². The van der Waals surface area contributed by atoms with Crippen LogP contribution in [0, 0.1) is 0 Å². The van der Waals surface area contributed by atoms with Gasteiger partial charge < -0.3 is 0 Å². The van der Waals surface area contributed by atoms with Gasteiger partial charge in [-0.2, -0.15) is 11.8 Å². The third-order valence-corrected chi connectivity index (χ3v) is 5.94. The smallest absolute Gasteiger partial charge is 0.0955 e. The molecule has 1 aromatic carbocycles. The number of thiazole rings is 1. The zero-order valence-electron chi connectivity index (χ0n) is 10.1. The fraction of sp³-hybridized carbons (Fsp3) is 0.462. The SMILES string of the molecule is NNC(Cc1nc2ccccc2s1)C1CCCS1. The van der Waals surface area contributed by atoms with Crippen LogP contribution in [0.3, 0.4) is 0 Å². The Hall–Kier alpha value is -0.620. The predicted octanol–water partition coefficient (Wildman–Crippen LogP) is 2.57. The number of nitrogens with two attached hydrogens (primary N) is 1. The summed E-state index contributed by atoms with van der Waals surface area (Å²) >= 11 is 3.82. The molecule has 96 valence electrons. The molecule has 0 radical (unpaired) electrons. The van der Waals surface area contributed by atoms with Gasteiger partial charge in [-0.15, -0.1) is 11.3 Å². The fourth-order valence-electron chi connectivity index (χ4n) is 2.41. The van der Waals surface area contributed by atoms with Gasteiger partial charge in [-0.05, 0) is 30.7 Å². The first-order valence-electron chi connectivity index (χ1n) is 6.29. The number of hydrogen-bond donors (Lipinski definition) is 2. The molecule has 0 aliphatic carbocycles. The van der Waals surface area contributed by atoms with Crippen LogP contribution in [0.25, 0.3) is 10.2 Å². The van der Waals surface area contributed by atoms with Crippen LogP contribution < -0.4 is 11.3 Å². The van der Waals surface area contributed by atoms with Crippen LogP contribution in [0.1, 0.15) is 17.8 Å². The molecule has 2 heterocycles. The summed E-state index contributed by atoms with van der Waals surface area (Å²) in [6.45, 7) is 0. The van der Waals surface area contributed by atoms with E-state index in [1.165, 1.54) is 28.3 Å². The van der Waals surface area contributed by atoms with Crippen LogP contribution in [0.15, 0.2) is 24.3 Å². The summed E-state index contributed by atoms with van der Waals surface area (Å²) in [6, 6.07) is 8.65. The van der Waals surface area contributed by atoms with Gasteiger partial charge in [0.15, 0.2) is 0 Å². The number of nitrogens with one attached hydrogen (secondary N) is 1. The summed E-state index contributed by atoms with van der Waals surface area (Å²) in [5.41, 5.74) is 4.09. The molecule has 18 heavy (non-hydrogen) atoms. The highest BCUT2D eigenvalue weighted by Crippen LogP contribution is 2.31. The maximum atomic E-state index is 5.71. The first kappa shape index (κ1) is 12.4. The molecular weight excluding hydrogens is 262 g/mol. The maximum absolute atomic E-state index is 5.71. The van der Waals surface area contributed by atoms with Gasteiger partial charge in [-0.3, -0.25) is 11.3 Å². The first-order valence-corrected chi connectivity index (χ1v) is 8.15. The number of hydrogen-bond acceptors (Lipinski definition) is 5. The molecule has 1 saturated heterocycles. The molecule has 2 atom stereocenters. The van der Waals surface area contributed by atoms with Crippen LogP contribution in [-0.4, -0.2) is 22.0 Å². The first-order chi connectivity index (χ1) is 8.86. The van der Waals surface area contributed by atoms with Crippen LogP contribution >= 0.6 is 23.1 Å². The Balaban J connectivity index is 1.77. The van der Waals surface area contributed by atoms with Crippen molar-refractivity contribution >= 4 is 33.3 Å². The summed E-state index contributed by atoms with van der Waals surface area (Å²) < 4.78 is 1.27. The molecule has 1 fully saturated rings.